The molecule has 2 amide bonds. The van der Waals surface area contributed by atoms with Crippen LogP contribution in [0, 0.1) is 6.92 Å². The minimum Gasteiger partial charge on any atom is -0.493 e. The van der Waals surface area contributed by atoms with Crippen molar-refractivity contribution in [3.63, 3.8) is 0 Å². The summed E-state index contributed by atoms with van der Waals surface area (Å²) in [4.78, 5) is 16.5. The molecule has 24 heavy (non-hydrogen) atoms. The number of carbonyl (C=O) groups is 1. The van der Waals surface area contributed by atoms with Crippen molar-refractivity contribution in [3.05, 3.63) is 33.8 Å². The Morgan fingerprint density at radius 1 is 1.25 bits per heavy atom. The van der Waals surface area contributed by atoms with Gasteiger partial charge in [-0.2, -0.15) is 0 Å². The van der Waals surface area contributed by atoms with Crippen LogP contribution in [0.1, 0.15) is 23.2 Å². The Bertz CT molecular complexity index is 700. The Morgan fingerprint density at radius 3 is 2.58 bits per heavy atom. The fraction of sp³-hybridized carbons (Fsp3) is 0.412. The van der Waals surface area contributed by atoms with Gasteiger partial charge in [0.1, 0.15) is 0 Å². The fourth-order valence-corrected chi connectivity index (χ4v) is 2.99. The third kappa shape index (κ3) is 4.61. The summed E-state index contributed by atoms with van der Waals surface area (Å²) in [5, 5.41) is 8.84. The lowest BCUT2D eigenvalue weighted by Gasteiger charge is -2.14. The largest absolute Gasteiger partial charge is 0.493 e. The van der Waals surface area contributed by atoms with Crippen LogP contribution < -0.4 is 20.1 Å². The number of urea groups is 1. The van der Waals surface area contributed by atoms with Gasteiger partial charge >= 0.3 is 6.03 Å². The summed E-state index contributed by atoms with van der Waals surface area (Å²) in [6.07, 6.45) is 1.66. The van der Waals surface area contributed by atoms with E-state index in [2.05, 4.69) is 22.5 Å². The van der Waals surface area contributed by atoms with Gasteiger partial charge in [-0.05, 0) is 25.0 Å². The highest BCUT2D eigenvalue weighted by atomic mass is 32.1. The SMILES string of the molecule is CCc1nc(CCNC(=O)Nc2cc(OC)c(OC)cc2C)cs1. The van der Waals surface area contributed by atoms with Crippen molar-refractivity contribution in [1.29, 1.82) is 0 Å². The summed E-state index contributed by atoms with van der Waals surface area (Å²) in [7, 11) is 3.15. The molecule has 130 valence electrons. The van der Waals surface area contributed by atoms with Gasteiger partial charge in [-0.3, -0.25) is 0 Å². The van der Waals surface area contributed by atoms with Gasteiger partial charge in [0.2, 0.25) is 0 Å². The molecule has 0 saturated heterocycles. The molecule has 0 fully saturated rings. The number of ether oxygens (including phenoxy) is 2. The van der Waals surface area contributed by atoms with E-state index in [1.807, 2.05) is 18.4 Å². The van der Waals surface area contributed by atoms with Crippen LogP contribution in [-0.4, -0.2) is 31.8 Å². The highest BCUT2D eigenvalue weighted by Gasteiger charge is 2.11. The normalized spacial score (nSPS) is 10.3. The average Bonchev–Trinajstić information content (AvgIpc) is 3.04. The molecule has 0 bridgehead atoms. The number of rotatable bonds is 7. The van der Waals surface area contributed by atoms with Crippen molar-refractivity contribution in [2.75, 3.05) is 26.1 Å². The number of nitrogens with one attached hydrogen (secondary N) is 2. The molecule has 2 aromatic rings. The number of amides is 2. The summed E-state index contributed by atoms with van der Waals surface area (Å²) in [6.45, 7) is 4.52. The molecule has 0 aliphatic heterocycles. The molecule has 1 aromatic heterocycles. The van der Waals surface area contributed by atoms with Crippen LogP contribution in [0.15, 0.2) is 17.5 Å². The highest BCUT2D eigenvalue weighted by molar-refractivity contribution is 7.09. The minimum atomic E-state index is -0.253. The third-order valence-electron chi connectivity index (χ3n) is 3.55. The van der Waals surface area contributed by atoms with E-state index in [0.717, 1.165) is 29.1 Å². The number of thiazole rings is 1. The molecule has 0 aliphatic rings. The number of aromatic nitrogens is 1. The molecule has 1 heterocycles. The maximum Gasteiger partial charge on any atom is 0.319 e. The number of aryl methyl sites for hydroxylation is 2. The van der Waals surface area contributed by atoms with Gasteiger partial charge in [0.15, 0.2) is 11.5 Å². The maximum absolute atomic E-state index is 12.1. The summed E-state index contributed by atoms with van der Waals surface area (Å²) in [5.74, 6) is 1.21. The van der Waals surface area contributed by atoms with E-state index in [9.17, 15) is 4.79 Å². The predicted octanol–water partition coefficient (Wildman–Crippen LogP) is 3.40. The molecule has 7 heteroatoms. The Kier molecular flexibility index (Phi) is 6.43. The molecule has 6 nitrogen and oxygen atoms in total. The van der Waals surface area contributed by atoms with Crippen LogP contribution in [0.2, 0.25) is 0 Å². The molecule has 0 atom stereocenters. The number of nitrogens with zero attached hydrogens (tertiary/aromatic N) is 1. The van der Waals surface area contributed by atoms with Crippen molar-refractivity contribution in [3.8, 4) is 11.5 Å². The predicted molar refractivity (Wildman–Crippen MR) is 96.5 cm³/mol. The molecular weight excluding hydrogens is 326 g/mol. The van der Waals surface area contributed by atoms with Crippen molar-refractivity contribution in [2.24, 2.45) is 0 Å². The second-order valence-corrected chi connectivity index (χ2v) is 6.18. The van der Waals surface area contributed by atoms with Gasteiger partial charge in [0, 0.05) is 30.1 Å². The van der Waals surface area contributed by atoms with E-state index in [-0.39, 0.29) is 6.03 Å². The quantitative estimate of drug-likeness (QED) is 0.804. The molecule has 0 spiro atoms. The van der Waals surface area contributed by atoms with Crippen molar-refractivity contribution < 1.29 is 14.3 Å². The highest BCUT2D eigenvalue weighted by Crippen LogP contribution is 2.32. The van der Waals surface area contributed by atoms with E-state index in [4.69, 9.17) is 9.47 Å². The third-order valence-corrected chi connectivity index (χ3v) is 4.59. The number of hydrogen-bond acceptors (Lipinski definition) is 5. The van der Waals surface area contributed by atoms with Crippen molar-refractivity contribution in [2.45, 2.75) is 26.7 Å². The number of benzene rings is 1. The number of anilines is 1. The monoisotopic (exact) mass is 349 g/mol. The van der Waals surface area contributed by atoms with E-state index < -0.39 is 0 Å². The van der Waals surface area contributed by atoms with Gasteiger partial charge in [-0.15, -0.1) is 11.3 Å². The summed E-state index contributed by atoms with van der Waals surface area (Å²) < 4.78 is 10.5. The summed E-state index contributed by atoms with van der Waals surface area (Å²) in [6, 6.07) is 3.33. The van der Waals surface area contributed by atoms with Crippen molar-refractivity contribution >= 4 is 23.1 Å². The Hall–Kier alpha value is -2.28. The van der Waals surface area contributed by atoms with Crippen LogP contribution in [-0.2, 0) is 12.8 Å². The zero-order valence-corrected chi connectivity index (χ0v) is 15.3. The summed E-state index contributed by atoms with van der Waals surface area (Å²) >= 11 is 1.66. The van der Waals surface area contributed by atoms with Gasteiger partial charge in [0.05, 0.1) is 24.9 Å². The van der Waals surface area contributed by atoms with Crippen LogP contribution >= 0.6 is 11.3 Å². The molecule has 2 rings (SSSR count). The van der Waals surface area contributed by atoms with Crippen LogP contribution in [0.25, 0.3) is 0 Å². The first-order valence-electron chi connectivity index (χ1n) is 7.78. The van der Waals surface area contributed by atoms with E-state index in [0.29, 0.717) is 23.7 Å². The fourth-order valence-electron chi connectivity index (χ4n) is 2.21. The smallest absolute Gasteiger partial charge is 0.319 e. The summed E-state index contributed by atoms with van der Waals surface area (Å²) in [5.41, 5.74) is 2.60. The molecule has 0 aliphatic carbocycles. The topological polar surface area (TPSA) is 72.5 Å². The maximum atomic E-state index is 12.1. The number of carbonyl (C=O) groups excluding carboxylic acids is 1. The van der Waals surface area contributed by atoms with Crippen molar-refractivity contribution in [1.82, 2.24) is 10.3 Å². The Morgan fingerprint density at radius 2 is 1.96 bits per heavy atom. The molecular formula is C17H23N3O3S. The first-order valence-corrected chi connectivity index (χ1v) is 8.66. The van der Waals surface area contributed by atoms with Crippen LogP contribution in [0.3, 0.4) is 0 Å². The van der Waals surface area contributed by atoms with Gasteiger partial charge in [-0.25, -0.2) is 9.78 Å². The molecule has 2 N–H and O–H groups in total. The molecule has 0 unspecified atom stereocenters. The molecule has 0 radical (unpaired) electrons. The van der Waals surface area contributed by atoms with Gasteiger partial charge in [0.25, 0.3) is 0 Å². The van der Waals surface area contributed by atoms with Gasteiger partial charge in [-0.1, -0.05) is 6.92 Å². The second-order valence-electron chi connectivity index (χ2n) is 5.24. The lowest BCUT2D eigenvalue weighted by Crippen LogP contribution is -2.30. The minimum absolute atomic E-state index is 0.253. The number of methoxy groups -OCH3 is 2. The zero-order chi connectivity index (χ0) is 17.5. The lowest BCUT2D eigenvalue weighted by atomic mass is 10.1. The van der Waals surface area contributed by atoms with Crippen LogP contribution in [0.5, 0.6) is 11.5 Å². The Balaban J connectivity index is 1.90. The lowest BCUT2D eigenvalue weighted by molar-refractivity contribution is 0.252. The van der Waals surface area contributed by atoms with Crippen LogP contribution in [0.4, 0.5) is 10.5 Å². The van der Waals surface area contributed by atoms with E-state index >= 15 is 0 Å². The van der Waals surface area contributed by atoms with Gasteiger partial charge < -0.3 is 20.1 Å². The zero-order valence-electron chi connectivity index (χ0n) is 14.4. The van der Waals surface area contributed by atoms with E-state index in [1.165, 1.54) is 0 Å². The first-order chi connectivity index (χ1) is 11.6. The average molecular weight is 349 g/mol. The van der Waals surface area contributed by atoms with E-state index in [1.54, 1.807) is 31.6 Å². The number of hydrogen-bond donors (Lipinski definition) is 2. The standard InChI is InChI=1S/C17H23N3O3S/c1-5-16-19-12(10-24-16)6-7-18-17(21)20-13-9-15(23-4)14(22-3)8-11(13)2/h8-10H,5-7H2,1-4H3,(H2,18,20,21). The molecule has 1 aromatic carbocycles. The molecule has 0 saturated carbocycles. The first kappa shape index (κ1) is 18.1. The second kappa shape index (κ2) is 8.54. The Labute approximate surface area is 146 Å².